The Morgan fingerprint density at radius 2 is 2.04 bits per heavy atom. The molecule has 4 rings (SSSR count). The number of pyridine rings is 1. The Morgan fingerprint density at radius 1 is 1.14 bits per heavy atom. The molecule has 1 N–H and O–H groups in total. The quantitative estimate of drug-likeness (QED) is 0.488. The summed E-state index contributed by atoms with van der Waals surface area (Å²) in [6.07, 6.45) is 4.72. The standard InChI is InChI=1S/C23H21ClN2OS/c1-3-18(15-6-4-7-17(12-15)26-28-2)23-19-8-5-11-25-21(19)14-27-22-13-16(24)9-10-20(22)23/h4-13,26H,3,14H2,1-2H3/b23-18+. The maximum atomic E-state index is 6.25. The third-order valence-electron chi connectivity index (χ3n) is 4.82. The zero-order chi connectivity index (χ0) is 19.5. The summed E-state index contributed by atoms with van der Waals surface area (Å²) >= 11 is 7.84. The highest BCUT2D eigenvalue weighted by Crippen LogP contribution is 2.42. The van der Waals surface area contributed by atoms with E-state index in [2.05, 4.69) is 53.0 Å². The van der Waals surface area contributed by atoms with Crippen LogP contribution >= 0.6 is 23.5 Å². The van der Waals surface area contributed by atoms with E-state index < -0.39 is 0 Å². The Hall–Kier alpha value is -2.43. The van der Waals surface area contributed by atoms with E-state index in [4.69, 9.17) is 16.3 Å². The van der Waals surface area contributed by atoms with Crippen LogP contribution in [0.4, 0.5) is 5.69 Å². The molecular weight excluding hydrogens is 388 g/mol. The van der Waals surface area contributed by atoms with Gasteiger partial charge in [0.05, 0.1) is 5.69 Å². The zero-order valence-electron chi connectivity index (χ0n) is 15.8. The zero-order valence-corrected chi connectivity index (χ0v) is 17.4. The summed E-state index contributed by atoms with van der Waals surface area (Å²) in [5.74, 6) is 0.796. The number of allylic oxidation sites excluding steroid dienone is 1. The molecular formula is C23H21ClN2OS. The summed E-state index contributed by atoms with van der Waals surface area (Å²) in [5.41, 5.74) is 7.80. The lowest BCUT2D eigenvalue weighted by atomic mass is 9.87. The molecule has 1 aliphatic rings. The number of aromatic nitrogens is 1. The van der Waals surface area contributed by atoms with Crippen molar-refractivity contribution in [2.45, 2.75) is 20.0 Å². The first kappa shape index (κ1) is 18.9. The van der Waals surface area contributed by atoms with Gasteiger partial charge in [-0.25, -0.2) is 0 Å². The molecule has 0 spiro atoms. The molecule has 0 saturated heterocycles. The van der Waals surface area contributed by atoms with Crippen LogP contribution in [0, 0.1) is 0 Å². The first-order chi connectivity index (χ1) is 13.7. The normalized spacial score (nSPS) is 14.4. The fraction of sp³-hybridized carbons (Fsp3) is 0.174. The van der Waals surface area contributed by atoms with Gasteiger partial charge in [0.2, 0.25) is 0 Å². The highest BCUT2D eigenvalue weighted by Gasteiger charge is 2.23. The van der Waals surface area contributed by atoms with Gasteiger partial charge in [-0.2, -0.15) is 0 Å². The predicted molar refractivity (Wildman–Crippen MR) is 120 cm³/mol. The maximum absolute atomic E-state index is 6.25. The van der Waals surface area contributed by atoms with Gasteiger partial charge in [-0.3, -0.25) is 4.98 Å². The topological polar surface area (TPSA) is 34.1 Å². The molecule has 0 fully saturated rings. The number of fused-ring (bicyclic) bond motifs is 2. The van der Waals surface area contributed by atoms with Gasteiger partial charge in [-0.15, -0.1) is 0 Å². The largest absolute Gasteiger partial charge is 0.487 e. The monoisotopic (exact) mass is 408 g/mol. The molecule has 142 valence electrons. The molecule has 3 aromatic rings. The van der Waals surface area contributed by atoms with Crippen molar-refractivity contribution in [2.75, 3.05) is 11.0 Å². The molecule has 0 saturated carbocycles. The van der Waals surface area contributed by atoms with E-state index >= 15 is 0 Å². The average Bonchev–Trinajstić information content (AvgIpc) is 2.87. The lowest BCUT2D eigenvalue weighted by molar-refractivity contribution is 0.302. The van der Waals surface area contributed by atoms with Gasteiger partial charge in [0.1, 0.15) is 12.4 Å². The molecule has 0 atom stereocenters. The molecule has 5 heteroatoms. The second-order valence-corrected chi connectivity index (χ2v) is 7.57. The summed E-state index contributed by atoms with van der Waals surface area (Å²) in [7, 11) is 0. The minimum atomic E-state index is 0.429. The van der Waals surface area contributed by atoms with Crippen LogP contribution < -0.4 is 9.46 Å². The Morgan fingerprint density at radius 3 is 2.86 bits per heavy atom. The van der Waals surface area contributed by atoms with Crippen molar-refractivity contribution in [2.24, 2.45) is 0 Å². The molecule has 0 amide bonds. The number of hydrogen-bond donors (Lipinski definition) is 1. The SMILES string of the molecule is CC/C(=C1\c2ccc(Cl)cc2OCc2ncccc21)c1cccc(NSC)c1. The van der Waals surface area contributed by atoms with Gasteiger partial charge >= 0.3 is 0 Å². The van der Waals surface area contributed by atoms with Crippen LogP contribution in [0.1, 0.15) is 35.7 Å². The first-order valence-electron chi connectivity index (χ1n) is 9.20. The number of nitrogens with one attached hydrogen (secondary N) is 1. The lowest BCUT2D eigenvalue weighted by Gasteiger charge is -2.17. The number of anilines is 1. The van der Waals surface area contributed by atoms with Crippen molar-refractivity contribution in [3.63, 3.8) is 0 Å². The van der Waals surface area contributed by atoms with Gasteiger partial charge in [-0.1, -0.05) is 48.7 Å². The average molecular weight is 409 g/mol. The molecule has 0 bridgehead atoms. The van der Waals surface area contributed by atoms with E-state index in [9.17, 15) is 0 Å². The Kier molecular flexibility index (Phi) is 5.60. The Labute approximate surface area is 174 Å². The van der Waals surface area contributed by atoms with Crippen LogP contribution in [0.2, 0.25) is 5.02 Å². The van der Waals surface area contributed by atoms with Crippen LogP contribution in [0.15, 0.2) is 60.8 Å². The molecule has 3 nitrogen and oxygen atoms in total. The Bertz CT molecular complexity index is 1050. The molecule has 1 aromatic heterocycles. The molecule has 0 radical (unpaired) electrons. The third-order valence-corrected chi connectivity index (χ3v) is 5.50. The van der Waals surface area contributed by atoms with Gasteiger partial charge in [0.25, 0.3) is 0 Å². The van der Waals surface area contributed by atoms with Crippen LogP contribution in [-0.4, -0.2) is 11.2 Å². The summed E-state index contributed by atoms with van der Waals surface area (Å²) in [6.45, 7) is 2.62. The summed E-state index contributed by atoms with van der Waals surface area (Å²) in [4.78, 5) is 4.58. The summed E-state index contributed by atoms with van der Waals surface area (Å²) in [6, 6.07) is 18.5. The first-order valence-corrected chi connectivity index (χ1v) is 10.8. The van der Waals surface area contributed by atoms with Gasteiger partial charge in [0, 0.05) is 34.3 Å². The highest BCUT2D eigenvalue weighted by atomic mass is 35.5. The van der Waals surface area contributed by atoms with E-state index in [-0.39, 0.29) is 0 Å². The summed E-state index contributed by atoms with van der Waals surface area (Å²) < 4.78 is 9.41. The minimum Gasteiger partial charge on any atom is -0.487 e. The summed E-state index contributed by atoms with van der Waals surface area (Å²) in [5, 5.41) is 0.668. The Balaban J connectivity index is 2.01. The van der Waals surface area contributed by atoms with Crippen LogP contribution in [0.3, 0.4) is 0 Å². The second kappa shape index (κ2) is 8.29. The van der Waals surface area contributed by atoms with Crippen molar-refractivity contribution in [3.05, 3.63) is 88.2 Å². The number of ether oxygens (including phenoxy) is 1. The molecule has 2 aromatic carbocycles. The minimum absolute atomic E-state index is 0.429. The van der Waals surface area contributed by atoms with E-state index in [0.29, 0.717) is 11.6 Å². The van der Waals surface area contributed by atoms with Crippen LogP contribution in [0.25, 0.3) is 11.1 Å². The number of halogens is 1. The molecule has 0 aliphatic carbocycles. The lowest BCUT2D eigenvalue weighted by Crippen LogP contribution is -1.99. The molecule has 0 unspecified atom stereocenters. The smallest absolute Gasteiger partial charge is 0.131 e. The third kappa shape index (κ3) is 3.62. The number of rotatable bonds is 4. The van der Waals surface area contributed by atoms with E-state index in [1.165, 1.54) is 11.1 Å². The second-order valence-electron chi connectivity index (χ2n) is 6.52. The molecule has 1 aliphatic heterocycles. The van der Waals surface area contributed by atoms with Crippen molar-refractivity contribution < 1.29 is 4.74 Å². The van der Waals surface area contributed by atoms with Gasteiger partial charge < -0.3 is 9.46 Å². The van der Waals surface area contributed by atoms with Crippen LogP contribution in [0.5, 0.6) is 5.75 Å². The van der Waals surface area contributed by atoms with Crippen molar-refractivity contribution >= 4 is 40.4 Å². The highest BCUT2D eigenvalue weighted by molar-refractivity contribution is 7.99. The number of nitrogens with zero attached hydrogens (tertiary/aromatic N) is 1. The fourth-order valence-electron chi connectivity index (χ4n) is 3.63. The molecule has 2 heterocycles. The number of hydrogen-bond acceptors (Lipinski definition) is 4. The van der Waals surface area contributed by atoms with E-state index in [1.807, 2.05) is 30.7 Å². The maximum Gasteiger partial charge on any atom is 0.131 e. The van der Waals surface area contributed by atoms with Crippen molar-refractivity contribution in [1.82, 2.24) is 4.98 Å². The van der Waals surface area contributed by atoms with Crippen molar-refractivity contribution in [1.29, 1.82) is 0 Å². The number of benzene rings is 2. The van der Waals surface area contributed by atoms with Gasteiger partial charge in [0.15, 0.2) is 0 Å². The molecule has 28 heavy (non-hydrogen) atoms. The van der Waals surface area contributed by atoms with Gasteiger partial charge in [-0.05, 0) is 59.5 Å². The van der Waals surface area contributed by atoms with E-state index in [0.717, 1.165) is 40.3 Å². The van der Waals surface area contributed by atoms with E-state index in [1.54, 1.807) is 11.9 Å². The van der Waals surface area contributed by atoms with Crippen LogP contribution in [-0.2, 0) is 6.61 Å². The van der Waals surface area contributed by atoms with Crippen molar-refractivity contribution in [3.8, 4) is 5.75 Å². The fourth-order valence-corrected chi connectivity index (χ4v) is 4.16. The predicted octanol–water partition coefficient (Wildman–Crippen LogP) is 6.69.